The van der Waals surface area contributed by atoms with Crippen molar-refractivity contribution in [2.75, 3.05) is 11.9 Å². The summed E-state index contributed by atoms with van der Waals surface area (Å²) in [6, 6.07) is 24.8. The minimum Gasteiger partial charge on any atom is -0.508 e. The smallest absolute Gasteiger partial charge is 0.266 e. The second-order valence-electron chi connectivity index (χ2n) is 8.26. The number of nitrogens with zero attached hydrogens (tertiary/aromatic N) is 1. The Labute approximate surface area is 212 Å². The molecule has 4 aromatic carbocycles. The SMILES string of the molecule is O=C(CCCN1C(=O)/C(=C/c2c3ccccc3cc3ccccc23)SC1=S)Nc1ccc(O)cc1. The van der Waals surface area contributed by atoms with Crippen LogP contribution in [0.4, 0.5) is 5.69 Å². The first-order valence-electron chi connectivity index (χ1n) is 11.2. The predicted molar refractivity (Wildman–Crippen MR) is 147 cm³/mol. The number of phenols is 1. The number of amides is 2. The molecule has 174 valence electrons. The molecule has 1 aliphatic rings. The van der Waals surface area contributed by atoms with E-state index < -0.39 is 0 Å². The van der Waals surface area contributed by atoms with Crippen molar-refractivity contribution in [3.8, 4) is 5.75 Å². The zero-order chi connectivity index (χ0) is 24.4. The lowest BCUT2D eigenvalue weighted by molar-refractivity contribution is -0.122. The highest BCUT2D eigenvalue weighted by atomic mass is 32.2. The van der Waals surface area contributed by atoms with Crippen LogP contribution in [0.5, 0.6) is 5.75 Å². The fourth-order valence-electron chi connectivity index (χ4n) is 4.19. The van der Waals surface area contributed by atoms with Crippen molar-refractivity contribution in [1.82, 2.24) is 4.90 Å². The van der Waals surface area contributed by atoms with Gasteiger partial charge in [-0.15, -0.1) is 0 Å². The molecule has 0 radical (unpaired) electrons. The first-order valence-corrected chi connectivity index (χ1v) is 12.5. The van der Waals surface area contributed by atoms with Gasteiger partial charge in [0, 0.05) is 18.7 Å². The number of phenolic OH excluding ortho intramolecular Hbond substituents is 1. The van der Waals surface area contributed by atoms with Gasteiger partial charge in [-0.25, -0.2) is 0 Å². The Morgan fingerprint density at radius 1 is 0.971 bits per heavy atom. The summed E-state index contributed by atoms with van der Waals surface area (Å²) in [6.07, 6.45) is 2.69. The van der Waals surface area contributed by atoms with E-state index in [-0.39, 0.29) is 24.0 Å². The van der Waals surface area contributed by atoms with Crippen LogP contribution in [0.3, 0.4) is 0 Å². The van der Waals surface area contributed by atoms with Crippen LogP contribution in [-0.2, 0) is 9.59 Å². The summed E-state index contributed by atoms with van der Waals surface area (Å²) < 4.78 is 0.504. The van der Waals surface area contributed by atoms with Gasteiger partial charge in [0.25, 0.3) is 5.91 Å². The molecule has 1 heterocycles. The van der Waals surface area contributed by atoms with Crippen LogP contribution >= 0.6 is 24.0 Å². The highest BCUT2D eigenvalue weighted by Crippen LogP contribution is 2.36. The standard InChI is InChI=1S/C28H22N2O3S2/c31-21-13-11-20(12-14-21)29-26(32)10-5-15-30-27(33)25(35-28(30)34)17-24-22-8-3-1-6-18(22)16-19-7-2-4-9-23(19)24/h1-4,6-9,11-14,16-17,31H,5,10,15H2,(H,29,32)/b25-17-. The lowest BCUT2D eigenvalue weighted by atomic mass is 9.96. The number of fused-ring (bicyclic) bond motifs is 2. The minimum absolute atomic E-state index is 0.129. The van der Waals surface area contributed by atoms with Gasteiger partial charge in [0.15, 0.2) is 0 Å². The molecule has 1 fully saturated rings. The van der Waals surface area contributed by atoms with E-state index in [1.54, 1.807) is 17.0 Å². The first kappa shape index (κ1) is 23.1. The van der Waals surface area contributed by atoms with Crippen LogP contribution in [0.2, 0.25) is 0 Å². The third kappa shape index (κ3) is 4.92. The predicted octanol–water partition coefficient (Wildman–Crippen LogP) is 6.32. The minimum atomic E-state index is -0.154. The molecule has 0 unspecified atom stereocenters. The molecule has 0 bridgehead atoms. The van der Waals surface area contributed by atoms with Crippen molar-refractivity contribution in [2.24, 2.45) is 0 Å². The number of hydrogen-bond acceptors (Lipinski definition) is 5. The molecule has 5 rings (SSSR count). The molecule has 2 N–H and O–H groups in total. The molecule has 0 saturated carbocycles. The van der Waals surface area contributed by atoms with Crippen LogP contribution in [-0.4, -0.2) is 32.7 Å². The van der Waals surface area contributed by atoms with E-state index in [1.165, 1.54) is 23.9 Å². The second-order valence-corrected chi connectivity index (χ2v) is 9.94. The van der Waals surface area contributed by atoms with Gasteiger partial charge in [-0.2, -0.15) is 0 Å². The number of rotatable bonds is 6. The van der Waals surface area contributed by atoms with Gasteiger partial charge in [0.2, 0.25) is 5.91 Å². The Morgan fingerprint density at radius 2 is 1.60 bits per heavy atom. The maximum absolute atomic E-state index is 13.2. The number of thioether (sulfide) groups is 1. The van der Waals surface area contributed by atoms with Crippen LogP contribution in [0, 0.1) is 0 Å². The van der Waals surface area contributed by atoms with E-state index in [4.69, 9.17) is 12.2 Å². The molecule has 1 saturated heterocycles. The van der Waals surface area contributed by atoms with Gasteiger partial charge in [-0.05, 0) is 69.9 Å². The number of hydrogen-bond donors (Lipinski definition) is 2. The first-order chi connectivity index (χ1) is 17.0. The number of nitrogens with one attached hydrogen (secondary N) is 1. The molecule has 4 aromatic rings. The normalized spacial score (nSPS) is 14.9. The second kappa shape index (κ2) is 9.90. The molecule has 0 spiro atoms. The largest absolute Gasteiger partial charge is 0.508 e. The van der Waals surface area contributed by atoms with Crippen molar-refractivity contribution >= 4 is 73.4 Å². The number of benzene rings is 4. The van der Waals surface area contributed by atoms with E-state index in [1.807, 2.05) is 30.3 Å². The van der Waals surface area contributed by atoms with E-state index in [9.17, 15) is 14.7 Å². The van der Waals surface area contributed by atoms with Gasteiger partial charge in [-0.1, -0.05) is 72.5 Å². The molecule has 0 aliphatic carbocycles. The Bertz CT molecular complexity index is 1440. The summed E-state index contributed by atoms with van der Waals surface area (Å²) in [5.41, 5.74) is 1.62. The van der Waals surface area contributed by atoms with Gasteiger partial charge in [-0.3, -0.25) is 14.5 Å². The Balaban J connectivity index is 1.32. The molecule has 5 nitrogen and oxygen atoms in total. The van der Waals surface area contributed by atoms with E-state index in [0.29, 0.717) is 27.9 Å². The van der Waals surface area contributed by atoms with Crippen molar-refractivity contribution in [2.45, 2.75) is 12.8 Å². The molecule has 35 heavy (non-hydrogen) atoms. The summed E-state index contributed by atoms with van der Waals surface area (Å²) in [5, 5.41) is 16.5. The fraction of sp³-hybridized carbons (Fsp3) is 0.107. The third-order valence-corrected chi connectivity index (χ3v) is 7.28. The van der Waals surface area contributed by atoms with Gasteiger partial charge < -0.3 is 10.4 Å². The number of anilines is 1. The average Bonchev–Trinajstić information content (AvgIpc) is 3.12. The maximum atomic E-state index is 13.2. The van der Waals surface area contributed by atoms with Crippen molar-refractivity contribution in [3.05, 3.63) is 89.3 Å². The number of thiocarbonyl (C=S) groups is 1. The zero-order valence-corrected chi connectivity index (χ0v) is 20.4. The maximum Gasteiger partial charge on any atom is 0.266 e. The summed E-state index contributed by atoms with van der Waals surface area (Å²) in [7, 11) is 0. The molecule has 1 aliphatic heterocycles. The summed E-state index contributed by atoms with van der Waals surface area (Å²) >= 11 is 6.80. The van der Waals surface area contributed by atoms with Crippen molar-refractivity contribution in [3.63, 3.8) is 0 Å². The Hall–Kier alpha value is -3.68. The number of carbonyl (C=O) groups excluding carboxylic acids is 2. The topological polar surface area (TPSA) is 69.6 Å². The molecular weight excluding hydrogens is 476 g/mol. The zero-order valence-electron chi connectivity index (χ0n) is 18.7. The average molecular weight is 499 g/mol. The Kier molecular flexibility index (Phi) is 6.53. The highest BCUT2D eigenvalue weighted by Gasteiger charge is 2.32. The molecule has 0 atom stereocenters. The summed E-state index contributed by atoms with van der Waals surface area (Å²) in [5.74, 6) is -0.142. The van der Waals surface area contributed by atoms with E-state index >= 15 is 0 Å². The molecule has 2 amide bonds. The monoisotopic (exact) mass is 498 g/mol. The van der Waals surface area contributed by atoms with Gasteiger partial charge in [0.1, 0.15) is 10.1 Å². The molecule has 7 heteroatoms. The Morgan fingerprint density at radius 3 is 2.26 bits per heavy atom. The van der Waals surface area contributed by atoms with Crippen LogP contribution in [0.25, 0.3) is 27.6 Å². The summed E-state index contributed by atoms with van der Waals surface area (Å²) in [6.45, 7) is 0.376. The molecular formula is C28H22N2O3S2. The number of aromatic hydroxyl groups is 1. The fourth-order valence-corrected chi connectivity index (χ4v) is 5.48. The van der Waals surface area contributed by atoms with Crippen LogP contribution in [0.15, 0.2) is 83.8 Å². The van der Waals surface area contributed by atoms with Gasteiger partial charge >= 0.3 is 0 Å². The van der Waals surface area contributed by atoms with Crippen LogP contribution < -0.4 is 5.32 Å². The quantitative estimate of drug-likeness (QED) is 0.141. The number of carbonyl (C=O) groups is 2. The summed E-state index contributed by atoms with van der Waals surface area (Å²) in [4.78, 5) is 27.6. The third-order valence-electron chi connectivity index (χ3n) is 5.90. The van der Waals surface area contributed by atoms with Crippen molar-refractivity contribution < 1.29 is 14.7 Å². The van der Waals surface area contributed by atoms with E-state index in [2.05, 4.69) is 35.6 Å². The van der Waals surface area contributed by atoms with Crippen molar-refractivity contribution in [1.29, 1.82) is 0 Å². The van der Waals surface area contributed by atoms with Crippen LogP contribution in [0.1, 0.15) is 18.4 Å². The lowest BCUT2D eigenvalue weighted by Gasteiger charge is -2.14. The van der Waals surface area contributed by atoms with Gasteiger partial charge in [0.05, 0.1) is 4.91 Å². The highest BCUT2D eigenvalue weighted by molar-refractivity contribution is 8.26. The molecule has 0 aromatic heterocycles. The van der Waals surface area contributed by atoms with E-state index in [0.717, 1.165) is 27.1 Å². The lowest BCUT2D eigenvalue weighted by Crippen LogP contribution is -2.29.